The minimum atomic E-state index is -0.687. The Balaban J connectivity index is 2.06. The van der Waals surface area contributed by atoms with Crippen LogP contribution < -0.4 is 0 Å². The van der Waals surface area contributed by atoms with E-state index in [2.05, 4.69) is 4.98 Å². The molecule has 2 aromatic rings. The SMILES string of the molecule is O=C(CCc1cccnc1)c1cc(F)ccc1F. The van der Waals surface area contributed by atoms with E-state index in [1.165, 1.54) is 0 Å². The monoisotopic (exact) mass is 247 g/mol. The molecule has 0 fully saturated rings. The van der Waals surface area contributed by atoms with E-state index in [-0.39, 0.29) is 12.0 Å². The van der Waals surface area contributed by atoms with Gasteiger partial charge in [0.2, 0.25) is 0 Å². The number of halogens is 2. The Bertz CT molecular complexity index is 555. The number of hydrogen-bond donors (Lipinski definition) is 0. The van der Waals surface area contributed by atoms with Crippen LogP contribution in [-0.2, 0) is 6.42 Å². The summed E-state index contributed by atoms with van der Waals surface area (Å²) in [5.74, 6) is -1.70. The molecule has 0 radical (unpaired) electrons. The predicted molar refractivity (Wildman–Crippen MR) is 63.2 cm³/mol. The van der Waals surface area contributed by atoms with Gasteiger partial charge in [-0.05, 0) is 36.2 Å². The summed E-state index contributed by atoms with van der Waals surface area (Å²) in [7, 11) is 0. The van der Waals surface area contributed by atoms with Crippen molar-refractivity contribution < 1.29 is 13.6 Å². The molecule has 0 aliphatic carbocycles. The number of nitrogens with zero attached hydrogens (tertiary/aromatic N) is 1. The fourth-order valence-electron chi connectivity index (χ4n) is 1.65. The molecular weight excluding hydrogens is 236 g/mol. The Morgan fingerprint density at radius 1 is 1.22 bits per heavy atom. The molecule has 0 amide bonds. The Labute approximate surface area is 103 Å². The molecule has 18 heavy (non-hydrogen) atoms. The van der Waals surface area contributed by atoms with Crippen molar-refractivity contribution in [3.63, 3.8) is 0 Å². The average Bonchev–Trinajstić information content (AvgIpc) is 2.40. The normalized spacial score (nSPS) is 10.3. The molecule has 1 aromatic carbocycles. The lowest BCUT2D eigenvalue weighted by molar-refractivity contribution is 0.0978. The number of benzene rings is 1. The number of carbonyl (C=O) groups excluding carboxylic acids is 1. The third-order valence-corrected chi connectivity index (χ3v) is 2.59. The van der Waals surface area contributed by atoms with Crippen LogP contribution in [0.4, 0.5) is 8.78 Å². The van der Waals surface area contributed by atoms with Gasteiger partial charge in [-0.3, -0.25) is 9.78 Å². The number of carbonyl (C=O) groups is 1. The Morgan fingerprint density at radius 2 is 2.06 bits per heavy atom. The summed E-state index contributed by atoms with van der Waals surface area (Å²) in [5.41, 5.74) is 0.696. The number of aromatic nitrogens is 1. The first-order valence-corrected chi connectivity index (χ1v) is 5.54. The highest BCUT2D eigenvalue weighted by molar-refractivity contribution is 5.96. The minimum absolute atomic E-state index is 0.131. The van der Waals surface area contributed by atoms with Crippen LogP contribution in [0.15, 0.2) is 42.7 Å². The van der Waals surface area contributed by atoms with Crippen molar-refractivity contribution in [1.82, 2.24) is 4.98 Å². The van der Waals surface area contributed by atoms with E-state index in [0.29, 0.717) is 6.42 Å². The second-order valence-corrected chi connectivity index (χ2v) is 3.91. The van der Waals surface area contributed by atoms with E-state index in [1.54, 1.807) is 18.5 Å². The van der Waals surface area contributed by atoms with Gasteiger partial charge in [0, 0.05) is 18.8 Å². The van der Waals surface area contributed by atoms with E-state index in [9.17, 15) is 13.6 Å². The van der Waals surface area contributed by atoms with Crippen molar-refractivity contribution >= 4 is 5.78 Å². The van der Waals surface area contributed by atoms with Gasteiger partial charge in [-0.1, -0.05) is 6.07 Å². The molecule has 2 nitrogen and oxygen atoms in total. The molecule has 0 saturated carbocycles. The molecule has 0 atom stereocenters. The van der Waals surface area contributed by atoms with Gasteiger partial charge in [-0.15, -0.1) is 0 Å². The summed E-state index contributed by atoms with van der Waals surface area (Å²) in [6, 6.07) is 6.49. The Hall–Kier alpha value is -2.10. The standard InChI is InChI=1S/C14H11F2NO/c15-11-4-5-13(16)12(8-11)14(18)6-3-10-2-1-7-17-9-10/h1-2,4-5,7-9H,3,6H2. The van der Waals surface area contributed by atoms with Crippen LogP contribution in [-0.4, -0.2) is 10.8 Å². The van der Waals surface area contributed by atoms with Crippen molar-refractivity contribution in [2.24, 2.45) is 0 Å². The largest absolute Gasteiger partial charge is 0.294 e. The molecule has 0 aliphatic heterocycles. The molecule has 0 aliphatic rings. The molecular formula is C14H11F2NO. The van der Waals surface area contributed by atoms with Crippen LogP contribution in [0.2, 0.25) is 0 Å². The number of aryl methyl sites for hydroxylation is 1. The third kappa shape index (κ3) is 2.97. The summed E-state index contributed by atoms with van der Waals surface area (Å²) in [4.78, 5) is 15.7. The van der Waals surface area contributed by atoms with Crippen molar-refractivity contribution in [3.05, 3.63) is 65.5 Å². The van der Waals surface area contributed by atoms with E-state index >= 15 is 0 Å². The molecule has 1 aromatic heterocycles. The number of hydrogen-bond acceptors (Lipinski definition) is 2. The van der Waals surface area contributed by atoms with Gasteiger partial charge in [0.25, 0.3) is 0 Å². The van der Waals surface area contributed by atoms with Crippen molar-refractivity contribution in [2.75, 3.05) is 0 Å². The third-order valence-electron chi connectivity index (χ3n) is 2.59. The van der Waals surface area contributed by atoms with Gasteiger partial charge in [0.15, 0.2) is 5.78 Å². The Kier molecular flexibility index (Phi) is 3.77. The predicted octanol–water partition coefficient (Wildman–Crippen LogP) is 3.18. The summed E-state index contributed by atoms with van der Waals surface area (Å²) < 4.78 is 26.3. The van der Waals surface area contributed by atoms with Gasteiger partial charge in [-0.25, -0.2) is 8.78 Å². The lowest BCUT2D eigenvalue weighted by Crippen LogP contribution is -2.04. The van der Waals surface area contributed by atoms with Crippen molar-refractivity contribution in [3.8, 4) is 0 Å². The smallest absolute Gasteiger partial charge is 0.166 e. The van der Waals surface area contributed by atoms with Gasteiger partial charge in [-0.2, -0.15) is 0 Å². The maximum atomic E-state index is 13.3. The number of pyridine rings is 1. The van der Waals surface area contributed by atoms with E-state index in [1.807, 2.05) is 6.07 Å². The van der Waals surface area contributed by atoms with Gasteiger partial charge < -0.3 is 0 Å². The molecule has 0 spiro atoms. The summed E-state index contributed by atoms with van der Waals surface area (Å²) in [6.45, 7) is 0. The van der Waals surface area contributed by atoms with Gasteiger partial charge >= 0.3 is 0 Å². The zero-order valence-electron chi connectivity index (χ0n) is 9.57. The highest BCUT2D eigenvalue weighted by atomic mass is 19.1. The highest BCUT2D eigenvalue weighted by Gasteiger charge is 2.12. The number of rotatable bonds is 4. The molecule has 2 rings (SSSR count). The van der Waals surface area contributed by atoms with E-state index in [0.717, 1.165) is 23.8 Å². The Morgan fingerprint density at radius 3 is 2.78 bits per heavy atom. The molecule has 0 unspecified atom stereocenters. The van der Waals surface area contributed by atoms with E-state index < -0.39 is 17.4 Å². The first-order chi connectivity index (χ1) is 8.66. The zero-order chi connectivity index (χ0) is 13.0. The van der Waals surface area contributed by atoms with Gasteiger partial charge in [0.05, 0.1) is 5.56 Å². The van der Waals surface area contributed by atoms with Crippen LogP contribution in [0, 0.1) is 11.6 Å². The second kappa shape index (κ2) is 5.49. The second-order valence-electron chi connectivity index (χ2n) is 3.91. The topological polar surface area (TPSA) is 30.0 Å². The molecule has 1 heterocycles. The molecule has 0 saturated heterocycles. The lowest BCUT2D eigenvalue weighted by Gasteiger charge is -2.03. The molecule has 0 N–H and O–H groups in total. The summed E-state index contributed by atoms with van der Waals surface area (Å²) in [5, 5.41) is 0. The maximum Gasteiger partial charge on any atom is 0.166 e. The quantitative estimate of drug-likeness (QED) is 0.777. The fourth-order valence-corrected chi connectivity index (χ4v) is 1.65. The van der Waals surface area contributed by atoms with Crippen LogP contribution in [0.1, 0.15) is 22.3 Å². The van der Waals surface area contributed by atoms with Crippen LogP contribution in [0.3, 0.4) is 0 Å². The zero-order valence-corrected chi connectivity index (χ0v) is 9.57. The average molecular weight is 247 g/mol. The van der Waals surface area contributed by atoms with Crippen molar-refractivity contribution in [2.45, 2.75) is 12.8 Å². The van der Waals surface area contributed by atoms with E-state index in [4.69, 9.17) is 0 Å². The molecule has 0 bridgehead atoms. The minimum Gasteiger partial charge on any atom is -0.294 e. The van der Waals surface area contributed by atoms with Gasteiger partial charge in [0.1, 0.15) is 11.6 Å². The first-order valence-electron chi connectivity index (χ1n) is 5.54. The summed E-state index contributed by atoms with van der Waals surface area (Å²) >= 11 is 0. The van der Waals surface area contributed by atoms with Crippen LogP contribution in [0.25, 0.3) is 0 Å². The highest BCUT2D eigenvalue weighted by Crippen LogP contribution is 2.13. The van der Waals surface area contributed by atoms with Crippen LogP contribution >= 0.6 is 0 Å². The maximum absolute atomic E-state index is 13.3. The number of Topliss-reactive ketones (excluding diaryl/α,β-unsaturated/α-hetero) is 1. The molecule has 4 heteroatoms. The first kappa shape index (κ1) is 12.4. The fraction of sp³-hybridized carbons (Fsp3) is 0.143. The summed E-state index contributed by atoms with van der Waals surface area (Å²) in [6.07, 6.45) is 3.88. The van der Waals surface area contributed by atoms with Crippen LogP contribution in [0.5, 0.6) is 0 Å². The van der Waals surface area contributed by atoms with Crippen molar-refractivity contribution in [1.29, 1.82) is 0 Å². The number of ketones is 1. The lowest BCUT2D eigenvalue weighted by atomic mass is 10.0. The molecule has 92 valence electrons.